The second-order valence-corrected chi connectivity index (χ2v) is 7.93. The molecule has 6 heteroatoms. The van der Waals surface area contributed by atoms with Gasteiger partial charge in [0.25, 0.3) is 0 Å². The Hall–Kier alpha value is -2.57. The van der Waals surface area contributed by atoms with Gasteiger partial charge in [-0.3, -0.25) is 4.90 Å². The minimum atomic E-state index is 0.451. The maximum absolute atomic E-state index is 6.18. The van der Waals surface area contributed by atoms with E-state index < -0.39 is 0 Å². The summed E-state index contributed by atoms with van der Waals surface area (Å²) in [5.41, 5.74) is 11.2. The van der Waals surface area contributed by atoms with Crippen LogP contribution in [0.1, 0.15) is 29.5 Å². The molecule has 0 saturated carbocycles. The molecule has 1 heterocycles. The van der Waals surface area contributed by atoms with E-state index in [1.165, 1.54) is 24.0 Å². The Morgan fingerprint density at radius 1 is 1.10 bits per heavy atom. The highest BCUT2D eigenvalue weighted by molar-refractivity contribution is 5.93. The van der Waals surface area contributed by atoms with Crippen LogP contribution >= 0.6 is 0 Å². The standard InChI is InChI=1S/C24H32N4O2/c25-24(27-23-10-4-7-20-6-1-2-9-22(20)23)26-18-19-5-3-8-21(17-19)30-16-13-28-11-14-29-15-12-28/h3-5,7-8,10,17H,1-2,6,9,11-16,18H2,(H3,25,26,27). The van der Waals surface area contributed by atoms with Crippen LogP contribution in [0.15, 0.2) is 47.5 Å². The second-order valence-electron chi connectivity index (χ2n) is 7.93. The molecule has 1 saturated heterocycles. The zero-order valence-electron chi connectivity index (χ0n) is 17.6. The summed E-state index contributed by atoms with van der Waals surface area (Å²) in [7, 11) is 0. The number of guanidine groups is 1. The molecule has 2 aliphatic rings. The lowest BCUT2D eigenvalue weighted by molar-refractivity contribution is 0.0322. The van der Waals surface area contributed by atoms with Crippen LogP contribution in [0.2, 0.25) is 0 Å². The first-order valence-corrected chi connectivity index (χ1v) is 11.0. The van der Waals surface area contributed by atoms with Gasteiger partial charge in [-0.15, -0.1) is 0 Å². The molecular weight excluding hydrogens is 376 g/mol. The van der Waals surface area contributed by atoms with Gasteiger partial charge in [-0.25, -0.2) is 4.99 Å². The monoisotopic (exact) mass is 408 g/mol. The van der Waals surface area contributed by atoms with Crippen LogP contribution in [0, 0.1) is 0 Å². The Labute approximate surface area is 179 Å². The summed E-state index contributed by atoms with van der Waals surface area (Å²) in [6, 6.07) is 14.5. The number of fused-ring (bicyclic) bond motifs is 1. The van der Waals surface area contributed by atoms with Gasteiger partial charge in [0.15, 0.2) is 5.96 Å². The summed E-state index contributed by atoms with van der Waals surface area (Å²) < 4.78 is 11.3. The number of ether oxygens (including phenoxy) is 2. The van der Waals surface area contributed by atoms with Gasteiger partial charge >= 0.3 is 0 Å². The summed E-state index contributed by atoms with van der Waals surface area (Å²) in [6.45, 7) is 5.71. The number of rotatable bonds is 7. The van der Waals surface area contributed by atoms with E-state index in [4.69, 9.17) is 15.2 Å². The molecule has 4 rings (SSSR count). The van der Waals surface area contributed by atoms with Crippen LogP contribution < -0.4 is 15.8 Å². The van der Waals surface area contributed by atoms with Crippen molar-refractivity contribution in [2.75, 3.05) is 44.8 Å². The molecule has 0 unspecified atom stereocenters. The maximum Gasteiger partial charge on any atom is 0.193 e. The lowest BCUT2D eigenvalue weighted by Gasteiger charge is -2.26. The van der Waals surface area contributed by atoms with Crippen LogP contribution in [0.3, 0.4) is 0 Å². The first-order chi connectivity index (χ1) is 14.8. The summed E-state index contributed by atoms with van der Waals surface area (Å²) in [4.78, 5) is 6.91. The van der Waals surface area contributed by atoms with Crippen molar-refractivity contribution >= 4 is 11.6 Å². The third-order valence-corrected chi connectivity index (χ3v) is 5.77. The highest BCUT2D eigenvalue weighted by Gasteiger charge is 2.13. The van der Waals surface area contributed by atoms with E-state index in [9.17, 15) is 0 Å². The van der Waals surface area contributed by atoms with E-state index in [1.54, 1.807) is 0 Å². The van der Waals surface area contributed by atoms with Crippen molar-refractivity contribution < 1.29 is 9.47 Å². The number of hydrogen-bond acceptors (Lipinski definition) is 4. The molecule has 1 aliphatic carbocycles. The predicted octanol–water partition coefficient (Wildman–Crippen LogP) is 3.20. The van der Waals surface area contributed by atoms with Gasteiger partial charge in [-0.2, -0.15) is 0 Å². The number of nitrogens with two attached hydrogens (primary N) is 1. The van der Waals surface area contributed by atoms with Crippen LogP contribution in [-0.2, 0) is 24.1 Å². The predicted molar refractivity (Wildman–Crippen MR) is 121 cm³/mol. The lowest BCUT2D eigenvalue weighted by Crippen LogP contribution is -2.38. The summed E-state index contributed by atoms with van der Waals surface area (Å²) in [5.74, 6) is 1.33. The molecule has 1 aliphatic heterocycles. The van der Waals surface area contributed by atoms with Crippen LogP contribution in [0.5, 0.6) is 5.75 Å². The van der Waals surface area contributed by atoms with Gasteiger partial charge in [0.05, 0.1) is 19.8 Å². The zero-order valence-corrected chi connectivity index (χ0v) is 17.6. The van der Waals surface area contributed by atoms with Crippen molar-refractivity contribution in [3.63, 3.8) is 0 Å². The molecule has 6 nitrogen and oxygen atoms in total. The topological polar surface area (TPSA) is 72.1 Å². The average molecular weight is 409 g/mol. The third-order valence-electron chi connectivity index (χ3n) is 5.77. The molecule has 30 heavy (non-hydrogen) atoms. The van der Waals surface area contributed by atoms with Gasteiger partial charge in [-0.1, -0.05) is 24.3 Å². The van der Waals surface area contributed by atoms with Crippen molar-refractivity contribution in [1.29, 1.82) is 0 Å². The number of benzene rings is 2. The molecule has 0 bridgehead atoms. The Morgan fingerprint density at radius 2 is 1.93 bits per heavy atom. The number of anilines is 1. The number of nitrogens with zero attached hydrogens (tertiary/aromatic N) is 2. The fraction of sp³-hybridized carbons (Fsp3) is 0.458. The maximum atomic E-state index is 6.18. The van der Waals surface area contributed by atoms with Crippen molar-refractivity contribution in [3.8, 4) is 5.75 Å². The number of morpholine rings is 1. The average Bonchev–Trinajstić information content (AvgIpc) is 2.79. The number of hydrogen-bond donors (Lipinski definition) is 2. The first kappa shape index (κ1) is 20.7. The lowest BCUT2D eigenvalue weighted by atomic mass is 9.90. The summed E-state index contributed by atoms with van der Waals surface area (Å²) in [5, 5.41) is 3.31. The Kier molecular flexibility index (Phi) is 7.21. The van der Waals surface area contributed by atoms with Crippen molar-refractivity contribution in [1.82, 2.24) is 4.90 Å². The minimum Gasteiger partial charge on any atom is -0.492 e. The molecule has 1 fully saturated rings. The molecule has 0 aromatic heterocycles. The molecule has 2 aromatic carbocycles. The molecule has 160 valence electrons. The third kappa shape index (κ3) is 5.74. The number of aryl methyl sites for hydroxylation is 1. The quantitative estimate of drug-likeness (QED) is 0.544. The van der Waals surface area contributed by atoms with E-state index in [0.717, 1.165) is 62.7 Å². The fourth-order valence-corrected chi connectivity index (χ4v) is 4.10. The largest absolute Gasteiger partial charge is 0.492 e. The molecule has 0 atom stereocenters. The molecule has 0 amide bonds. The second kappa shape index (κ2) is 10.5. The SMILES string of the molecule is NC(=NCc1cccc(OCCN2CCOCC2)c1)Nc1cccc2c1CCCC2. The highest BCUT2D eigenvalue weighted by atomic mass is 16.5. The van der Waals surface area contributed by atoms with Gasteiger partial charge in [0.1, 0.15) is 12.4 Å². The Balaban J connectivity index is 1.30. The van der Waals surface area contributed by atoms with Crippen LogP contribution in [0.4, 0.5) is 5.69 Å². The molecular formula is C24H32N4O2. The van der Waals surface area contributed by atoms with Crippen molar-refractivity contribution in [2.45, 2.75) is 32.2 Å². The van der Waals surface area contributed by atoms with E-state index in [1.807, 2.05) is 18.2 Å². The highest BCUT2D eigenvalue weighted by Crippen LogP contribution is 2.27. The minimum absolute atomic E-state index is 0.451. The van der Waals surface area contributed by atoms with Crippen LogP contribution in [-0.4, -0.2) is 50.3 Å². The van der Waals surface area contributed by atoms with E-state index >= 15 is 0 Å². The van der Waals surface area contributed by atoms with Gasteiger partial charge in [-0.05, 0) is 60.6 Å². The molecule has 0 radical (unpaired) electrons. The van der Waals surface area contributed by atoms with E-state index in [2.05, 4.69) is 39.5 Å². The normalized spacial score (nSPS) is 17.4. The van der Waals surface area contributed by atoms with Crippen molar-refractivity contribution in [3.05, 3.63) is 59.2 Å². The summed E-state index contributed by atoms with van der Waals surface area (Å²) in [6.07, 6.45) is 4.77. The van der Waals surface area contributed by atoms with Gasteiger partial charge in [0.2, 0.25) is 0 Å². The van der Waals surface area contributed by atoms with Gasteiger partial charge in [0, 0.05) is 25.3 Å². The fourth-order valence-electron chi connectivity index (χ4n) is 4.10. The van der Waals surface area contributed by atoms with Crippen molar-refractivity contribution in [2.24, 2.45) is 10.7 Å². The molecule has 3 N–H and O–H groups in total. The van der Waals surface area contributed by atoms with E-state index in [0.29, 0.717) is 19.1 Å². The van der Waals surface area contributed by atoms with Crippen LogP contribution in [0.25, 0.3) is 0 Å². The summed E-state index contributed by atoms with van der Waals surface area (Å²) >= 11 is 0. The molecule has 0 spiro atoms. The van der Waals surface area contributed by atoms with Gasteiger partial charge < -0.3 is 20.5 Å². The number of aliphatic imine (C=N–C) groups is 1. The first-order valence-electron chi connectivity index (χ1n) is 11.0. The van der Waals surface area contributed by atoms with E-state index in [-0.39, 0.29) is 0 Å². The Bertz CT molecular complexity index is 862. The Morgan fingerprint density at radius 3 is 2.83 bits per heavy atom. The zero-order chi connectivity index (χ0) is 20.6. The number of nitrogens with one attached hydrogen (secondary N) is 1. The molecule has 2 aromatic rings. The smallest absolute Gasteiger partial charge is 0.193 e.